The summed E-state index contributed by atoms with van der Waals surface area (Å²) in [5.74, 6) is -3.15. The molecule has 6 N–H and O–H groups in total. The normalized spacial score (nSPS) is 11.5. The largest absolute Gasteiger partial charge is 0.478 e. The first-order valence-electron chi connectivity index (χ1n) is 15.7. The number of hydrogen-bond acceptors (Lipinski definition) is 6. The number of aliphatic hydroxyl groups is 2. The molecule has 0 bridgehead atoms. The minimum absolute atomic E-state index is 0.123. The number of nitrogens with one attached hydrogen (secondary N) is 2. The van der Waals surface area contributed by atoms with Crippen LogP contribution in [0.15, 0.2) is 48.5 Å². The average Bonchev–Trinajstić information content (AvgIpc) is 3.05. The van der Waals surface area contributed by atoms with Gasteiger partial charge in [0.25, 0.3) is 11.8 Å². The van der Waals surface area contributed by atoms with Crippen LogP contribution in [-0.2, 0) is 0 Å². The summed E-state index contributed by atoms with van der Waals surface area (Å²) in [7, 11) is 0. The van der Waals surface area contributed by atoms with Crippen LogP contribution in [0.4, 0.5) is 0 Å². The number of amides is 2. The smallest absolute Gasteiger partial charge is 0.336 e. The molecule has 0 aliphatic carbocycles. The predicted molar refractivity (Wildman–Crippen MR) is 177 cm³/mol. The van der Waals surface area contributed by atoms with Crippen LogP contribution in [0.2, 0.25) is 0 Å². The van der Waals surface area contributed by atoms with Crippen LogP contribution in [0.5, 0.6) is 0 Å². The van der Waals surface area contributed by atoms with E-state index in [2.05, 4.69) is 10.6 Å². The van der Waals surface area contributed by atoms with Crippen molar-refractivity contribution < 1.29 is 39.6 Å². The number of fused-ring (bicyclic) bond motifs is 2. The second-order valence-electron chi connectivity index (χ2n) is 11.5. The zero-order valence-corrected chi connectivity index (χ0v) is 25.5. The van der Waals surface area contributed by atoms with Gasteiger partial charge in [-0.25, -0.2) is 9.59 Å². The number of benzene rings is 5. The van der Waals surface area contributed by atoms with Crippen molar-refractivity contribution in [1.82, 2.24) is 10.6 Å². The summed E-state index contributed by atoms with van der Waals surface area (Å²) in [5, 5.41) is 48.2. The molecule has 0 saturated heterocycles. The van der Waals surface area contributed by atoms with E-state index in [9.17, 15) is 29.4 Å². The van der Waals surface area contributed by atoms with Crippen molar-refractivity contribution in [3.8, 4) is 0 Å². The number of rotatable bonds is 16. The average molecular weight is 627 g/mol. The SMILES string of the molecule is O=C(O)c1ccc2c3ccc(C(=O)NCCCCCCO)c4c(C(=O)NCCCCCCO)ccc(c5ccc(C(=O)O)c1c25)c43. The summed E-state index contributed by atoms with van der Waals surface area (Å²) in [5.41, 5.74) is 0.409. The maximum Gasteiger partial charge on any atom is 0.336 e. The van der Waals surface area contributed by atoms with Gasteiger partial charge < -0.3 is 31.1 Å². The van der Waals surface area contributed by atoms with E-state index >= 15 is 0 Å². The van der Waals surface area contributed by atoms with Gasteiger partial charge in [-0.2, -0.15) is 0 Å². The van der Waals surface area contributed by atoms with Gasteiger partial charge in [0, 0.05) is 48.2 Å². The Morgan fingerprint density at radius 3 is 1.11 bits per heavy atom. The highest BCUT2D eigenvalue weighted by molar-refractivity contribution is 6.38. The molecule has 46 heavy (non-hydrogen) atoms. The number of unbranched alkanes of at least 4 members (excludes halogenated alkanes) is 6. The zero-order chi connectivity index (χ0) is 32.8. The van der Waals surface area contributed by atoms with E-state index in [1.165, 1.54) is 12.1 Å². The Kier molecular flexibility index (Phi) is 10.3. The van der Waals surface area contributed by atoms with E-state index in [4.69, 9.17) is 10.2 Å². The lowest BCUT2D eigenvalue weighted by Crippen LogP contribution is -2.27. The molecule has 10 nitrogen and oxygen atoms in total. The summed E-state index contributed by atoms with van der Waals surface area (Å²) in [6, 6.07) is 13.0. The summed E-state index contributed by atoms with van der Waals surface area (Å²) < 4.78 is 0. The van der Waals surface area contributed by atoms with Crippen molar-refractivity contribution in [2.24, 2.45) is 0 Å². The summed E-state index contributed by atoms with van der Waals surface area (Å²) in [6.07, 6.45) is 6.32. The molecule has 0 aliphatic rings. The molecule has 0 atom stereocenters. The molecule has 5 aromatic rings. The van der Waals surface area contributed by atoms with Gasteiger partial charge in [0.1, 0.15) is 0 Å². The van der Waals surface area contributed by atoms with Gasteiger partial charge in [-0.1, -0.05) is 49.9 Å². The van der Waals surface area contributed by atoms with Crippen molar-refractivity contribution in [2.75, 3.05) is 26.3 Å². The predicted octanol–water partition coefficient (Wildman–Crippen LogP) is 5.70. The van der Waals surface area contributed by atoms with Gasteiger partial charge in [-0.3, -0.25) is 9.59 Å². The number of carboxylic acids is 2. The Bertz CT molecular complexity index is 1800. The molecule has 2 amide bonds. The first-order chi connectivity index (χ1) is 22.3. The van der Waals surface area contributed by atoms with Crippen LogP contribution in [0, 0.1) is 0 Å². The third-order valence-corrected chi connectivity index (χ3v) is 8.59. The Morgan fingerprint density at radius 1 is 0.435 bits per heavy atom. The quantitative estimate of drug-likeness (QED) is 0.0460. The lowest BCUT2D eigenvalue weighted by Gasteiger charge is -2.20. The number of hydrogen-bond donors (Lipinski definition) is 6. The Labute approximate surface area is 265 Å². The molecule has 0 spiro atoms. The van der Waals surface area contributed by atoms with Crippen LogP contribution in [0.25, 0.3) is 43.1 Å². The number of aliphatic hydroxyl groups excluding tert-OH is 2. The molecule has 0 aromatic heterocycles. The molecule has 5 rings (SSSR count). The first-order valence-corrected chi connectivity index (χ1v) is 15.7. The highest BCUT2D eigenvalue weighted by atomic mass is 16.4. The van der Waals surface area contributed by atoms with Crippen LogP contribution in [-0.4, -0.2) is 70.5 Å². The van der Waals surface area contributed by atoms with Crippen LogP contribution in [0.3, 0.4) is 0 Å². The van der Waals surface area contributed by atoms with Crippen molar-refractivity contribution in [3.63, 3.8) is 0 Å². The minimum atomic E-state index is -1.24. The number of carbonyl (C=O) groups is 4. The molecule has 0 unspecified atom stereocenters. The molecular weight excluding hydrogens is 588 g/mol. The lowest BCUT2D eigenvalue weighted by molar-refractivity contribution is 0.0695. The molecule has 0 heterocycles. The Morgan fingerprint density at radius 2 is 0.761 bits per heavy atom. The highest BCUT2D eigenvalue weighted by Crippen LogP contribution is 2.44. The molecule has 0 fully saturated rings. The Hall–Kier alpha value is -4.80. The molecule has 10 heteroatoms. The van der Waals surface area contributed by atoms with E-state index in [1.807, 2.05) is 0 Å². The fraction of sp³-hybridized carbons (Fsp3) is 0.333. The van der Waals surface area contributed by atoms with E-state index in [0.717, 1.165) is 38.5 Å². The molecule has 0 aliphatic heterocycles. The van der Waals surface area contributed by atoms with E-state index in [1.54, 1.807) is 36.4 Å². The molecular formula is C36H38N2O8. The molecule has 5 aromatic carbocycles. The number of carbonyl (C=O) groups excluding carboxylic acids is 2. The number of aromatic carboxylic acids is 2. The third-order valence-electron chi connectivity index (χ3n) is 8.59. The standard InChI is InChI=1S/C36H38N2O8/c39-19-7-3-1-5-17-37-33(41)25-13-9-21-23-11-15-27(35(43)44)32-28(36(45)46)16-12-24(30(23)32)22-10-14-26(31(25)29(21)22)34(42)38-18-6-2-4-8-20-40/h9-16,39-40H,1-8,17-20H2,(H,37,41)(H,38,42)(H,43,44)(H,45,46). The van der Waals surface area contributed by atoms with Crippen molar-refractivity contribution in [3.05, 3.63) is 70.8 Å². The maximum atomic E-state index is 13.7. The molecule has 240 valence electrons. The van der Waals surface area contributed by atoms with Gasteiger partial charge in [0.05, 0.1) is 11.1 Å². The summed E-state index contributed by atoms with van der Waals surface area (Å²) in [6.45, 7) is 1.13. The van der Waals surface area contributed by atoms with Crippen LogP contribution in [0.1, 0.15) is 92.8 Å². The minimum Gasteiger partial charge on any atom is -0.478 e. The van der Waals surface area contributed by atoms with Crippen LogP contribution >= 0.6 is 0 Å². The molecule has 0 saturated carbocycles. The van der Waals surface area contributed by atoms with Gasteiger partial charge in [-0.15, -0.1) is 0 Å². The topological polar surface area (TPSA) is 173 Å². The zero-order valence-electron chi connectivity index (χ0n) is 25.5. The Balaban J connectivity index is 1.68. The van der Waals surface area contributed by atoms with Crippen molar-refractivity contribution >= 4 is 66.8 Å². The van der Waals surface area contributed by atoms with Crippen molar-refractivity contribution in [2.45, 2.75) is 51.4 Å². The fourth-order valence-corrected chi connectivity index (χ4v) is 6.40. The fourth-order valence-electron chi connectivity index (χ4n) is 6.40. The molecule has 0 radical (unpaired) electrons. The van der Waals surface area contributed by atoms with E-state index in [-0.39, 0.29) is 41.5 Å². The lowest BCUT2D eigenvalue weighted by atomic mass is 9.84. The number of carboxylic acid groups (broad SMARTS) is 2. The summed E-state index contributed by atoms with van der Waals surface area (Å²) in [4.78, 5) is 51.7. The van der Waals surface area contributed by atoms with E-state index < -0.39 is 11.9 Å². The van der Waals surface area contributed by atoms with Gasteiger partial charge in [0.15, 0.2) is 0 Å². The van der Waals surface area contributed by atoms with Gasteiger partial charge in [-0.05, 0) is 82.3 Å². The third kappa shape index (κ3) is 6.31. The van der Waals surface area contributed by atoms with Gasteiger partial charge >= 0.3 is 11.9 Å². The van der Waals surface area contributed by atoms with Crippen LogP contribution < -0.4 is 10.6 Å². The van der Waals surface area contributed by atoms with E-state index in [0.29, 0.717) is 74.8 Å². The second kappa shape index (κ2) is 14.5. The first kappa shape index (κ1) is 32.6. The van der Waals surface area contributed by atoms with Crippen molar-refractivity contribution in [1.29, 1.82) is 0 Å². The monoisotopic (exact) mass is 626 g/mol. The summed E-state index contributed by atoms with van der Waals surface area (Å²) >= 11 is 0. The maximum absolute atomic E-state index is 13.7. The van der Waals surface area contributed by atoms with Gasteiger partial charge in [0.2, 0.25) is 0 Å². The second-order valence-corrected chi connectivity index (χ2v) is 11.5. The highest BCUT2D eigenvalue weighted by Gasteiger charge is 2.25.